The van der Waals surface area contributed by atoms with Gasteiger partial charge in [-0.1, -0.05) is 48.5 Å². The van der Waals surface area contributed by atoms with Crippen LogP contribution in [-0.4, -0.2) is 70.4 Å². The van der Waals surface area contributed by atoms with Gasteiger partial charge in [-0.2, -0.15) is 0 Å². The molecule has 1 saturated carbocycles. The van der Waals surface area contributed by atoms with E-state index in [4.69, 9.17) is 47.9 Å². The largest absolute Gasteiger partial charge is 0.503 e. The van der Waals surface area contributed by atoms with E-state index in [2.05, 4.69) is 15.2 Å². The van der Waals surface area contributed by atoms with E-state index in [1.54, 1.807) is 30.5 Å². The van der Waals surface area contributed by atoms with Crippen molar-refractivity contribution in [2.75, 3.05) is 27.2 Å². The lowest BCUT2D eigenvalue weighted by atomic mass is 9.95. The Bertz CT molecular complexity index is 1300. The molecule has 222 valence electrons. The molecule has 3 aromatic rings. The van der Waals surface area contributed by atoms with Gasteiger partial charge in [-0.25, -0.2) is 9.78 Å². The van der Waals surface area contributed by atoms with Gasteiger partial charge in [0.1, 0.15) is 11.4 Å². The molecule has 1 aromatic carbocycles. The van der Waals surface area contributed by atoms with E-state index < -0.39 is 6.16 Å². The fourth-order valence-electron chi connectivity index (χ4n) is 4.41. The summed E-state index contributed by atoms with van der Waals surface area (Å²) in [7, 11) is 4.06. The van der Waals surface area contributed by atoms with Gasteiger partial charge in [-0.3, -0.25) is 9.78 Å². The molecular weight excluding hydrogens is 591 g/mol. The first-order valence-corrected chi connectivity index (χ1v) is 13.8. The number of nitrogens with one attached hydrogen (secondary N) is 1. The molecule has 4 rings (SSSR count). The molecular formula is C29H35Cl3N4O5. The number of halogens is 3. The number of pyridine rings is 2. The molecule has 41 heavy (non-hydrogen) atoms. The molecule has 9 nitrogen and oxygen atoms in total. The number of hydrogen-bond acceptors (Lipinski definition) is 6. The molecule has 3 N–H and O–H groups in total. The Labute approximate surface area is 256 Å². The summed E-state index contributed by atoms with van der Waals surface area (Å²) in [5, 5.41) is 18.1. The highest BCUT2D eigenvalue weighted by atomic mass is 35.5. The third-order valence-corrected chi connectivity index (χ3v) is 6.91. The maximum Gasteiger partial charge on any atom is 0.503 e. The summed E-state index contributed by atoms with van der Waals surface area (Å²) in [5.41, 5.74) is 3.06. The summed E-state index contributed by atoms with van der Waals surface area (Å²) in [4.78, 5) is 33.0. The van der Waals surface area contributed by atoms with Crippen molar-refractivity contribution in [1.29, 1.82) is 0 Å². The van der Waals surface area contributed by atoms with Crippen molar-refractivity contribution in [1.82, 2.24) is 20.2 Å². The summed E-state index contributed by atoms with van der Waals surface area (Å²) >= 11 is 12.9. The number of hydrogen-bond donors (Lipinski definition) is 3. The van der Waals surface area contributed by atoms with E-state index >= 15 is 0 Å². The second-order valence-corrected chi connectivity index (χ2v) is 10.5. The van der Waals surface area contributed by atoms with Gasteiger partial charge in [0, 0.05) is 29.9 Å². The molecule has 1 amide bonds. The molecule has 12 heteroatoms. The van der Waals surface area contributed by atoms with Gasteiger partial charge in [0.2, 0.25) is 0 Å². The average Bonchev–Trinajstić information content (AvgIpc) is 2.92. The molecule has 2 aromatic heterocycles. The minimum absolute atomic E-state index is 0. The third-order valence-electron chi connectivity index (χ3n) is 6.29. The average molecular weight is 626 g/mol. The maximum absolute atomic E-state index is 13.1. The van der Waals surface area contributed by atoms with Gasteiger partial charge in [0.15, 0.2) is 0 Å². The number of amides is 1. The third kappa shape index (κ3) is 10.7. The Kier molecular flexibility index (Phi) is 14.1. The van der Waals surface area contributed by atoms with Gasteiger partial charge in [-0.05, 0) is 69.8 Å². The number of nitrogens with zero attached hydrogens (tertiary/aromatic N) is 3. The zero-order chi connectivity index (χ0) is 29.1. The molecule has 1 aliphatic rings. The Morgan fingerprint density at radius 1 is 1.02 bits per heavy atom. The Hall–Kier alpha value is -3.11. The summed E-state index contributed by atoms with van der Waals surface area (Å²) in [6, 6.07) is 12.9. The first-order chi connectivity index (χ1) is 19.2. The van der Waals surface area contributed by atoms with Gasteiger partial charge >= 0.3 is 6.16 Å². The second-order valence-electron chi connectivity index (χ2n) is 9.67. The number of rotatable bonds is 9. The second kappa shape index (κ2) is 17.0. The van der Waals surface area contributed by atoms with Crippen LogP contribution in [0.15, 0.2) is 48.7 Å². The van der Waals surface area contributed by atoms with Crippen LogP contribution in [0.2, 0.25) is 10.0 Å². The highest BCUT2D eigenvalue weighted by molar-refractivity contribution is 6.33. The highest BCUT2D eigenvalue weighted by Gasteiger charge is 2.21. The molecule has 0 radical (unpaired) electrons. The standard InChI is InChI=1S/C28H32Cl2N4O2.CH2O3.ClH/c1-34(2)16-7-17-36-25-18-19(11-13-22(25)29)26-21(27-23(30)10-6-15-31-27)12-14-24(33-26)28(35)32-20-8-4-3-5-9-20;2-1(3)4;/h6,10-15,18,20H,3-5,7-9,16-17H2,1-2H3,(H,32,35);(H2,2,3,4);1H. The summed E-state index contributed by atoms with van der Waals surface area (Å²) in [6.45, 7) is 1.46. The zero-order valence-corrected chi connectivity index (χ0v) is 25.3. The molecule has 0 saturated heterocycles. The van der Waals surface area contributed by atoms with Crippen molar-refractivity contribution in [2.45, 2.75) is 44.6 Å². The fourth-order valence-corrected chi connectivity index (χ4v) is 4.81. The number of ether oxygens (including phenoxy) is 1. The first kappa shape index (κ1) is 34.1. The van der Waals surface area contributed by atoms with Crippen molar-refractivity contribution >= 4 is 47.7 Å². The summed E-state index contributed by atoms with van der Waals surface area (Å²) in [6.07, 6.45) is 6.25. The Balaban J connectivity index is 0.00000110. The van der Waals surface area contributed by atoms with E-state index in [9.17, 15) is 4.79 Å². The monoisotopic (exact) mass is 624 g/mol. The zero-order valence-electron chi connectivity index (χ0n) is 23.0. The van der Waals surface area contributed by atoms with Crippen LogP contribution in [0.4, 0.5) is 4.79 Å². The van der Waals surface area contributed by atoms with E-state index in [1.807, 2.05) is 32.3 Å². The van der Waals surface area contributed by atoms with E-state index in [0.29, 0.717) is 39.5 Å². The van der Waals surface area contributed by atoms with Crippen molar-refractivity contribution in [3.8, 4) is 28.3 Å². The van der Waals surface area contributed by atoms with E-state index in [1.165, 1.54) is 6.42 Å². The highest BCUT2D eigenvalue weighted by Crippen LogP contribution is 2.37. The molecule has 1 aliphatic carbocycles. The quantitative estimate of drug-likeness (QED) is 0.214. The van der Waals surface area contributed by atoms with Crippen molar-refractivity contribution < 1.29 is 24.5 Å². The van der Waals surface area contributed by atoms with Crippen LogP contribution < -0.4 is 10.1 Å². The molecule has 1 fully saturated rings. The Morgan fingerprint density at radius 3 is 2.39 bits per heavy atom. The smallest absolute Gasteiger partial charge is 0.492 e. The lowest BCUT2D eigenvalue weighted by molar-refractivity contribution is 0.0922. The number of carboxylic acid groups (broad SMARTS) is 2. The number of carbonyl (C=O) groups is 2. The van der Waals surface area contributed by atoms with Crippen LogP contribution in [0.3, 0.4) is 0 Å². The first-order valence-electron chi connectivity index (χ1n) is 13.1. The fraction of sp³-hybridized carbons (Fsp3) is 0.379. The summed E-state index contributed by atoms with van der Waals surface area (Å²) < 4.78 is 5.99. The number of carbonyl (C=O) groups excluding carboxylic acids is 1. The van der Waals surface area contributed by atoms with Crippen molar-refractivity contribution in [3.05, 3.63) is 64.4 Å². The molecule has 0 bridgehead atoms. The molecule has 0 aliphatic heterocycles. The molecule has 0 atom stereocenters. The summed E-state index contributed by atoms with van der Waals surface area (Å²) in [5.74, 6) is 0.404. The van der Waals surface area contributed by atoms with E-state index in [-0.39, 0.29) is 24.4 Å². The number of aromatic nitrogens is 2. The predicted molar refractivity (Wildman–Crippen MR) is 164 cm³/mol. The van der Waals surface area contributed by atoms with Crippen molar-refractivity contribution in [3.63, 3.8) is 0 Å². The Morgan fingerprint density at radius 2 is 1.73 bits per heavy atom. The SMILES string of the molecule is CN(C)CCCOc1cc(-c2nc(C(=O)NC3CCCCC3)ccc2-c2ncccc2Cl)ccc1Cl.Cl.O=C(O)O. The van der Waals surface area contributed by atoms with Gasteiger partial charge in [0.25, 0.3) is 5.91 Å². The van der Waals surface area contributed by atoms with Crippen LogP contribution in [0.25, 0.3) is 22.5 Å². The molecule has 0 unspecified atom stereocenters. The minimum Gasteiger partial charge on any atom is -0.492 e. The van der Waals surface area contributed by atoms with Crippen LogP contribution in [0, 0.1) is 0 Å². The minimum atomic E-state index is -1.83. The molecule has 0 spiro atoms. The maximum atomic E-state index is 13.1. The van der Waals surface area contributed by atoms with Crippen LogP contribution in [-0.2, 0) is 0 Å². The van der Waals surface area contributed by atoms with Crippen LogP contribution >= 0.6 is 35.6 Å². The van der Waals surface area contributed by atoms with Crippen LogP contribution in [0.1, 0.15) is 49.0 Å². The van der Waals surface area contributed by atoms with Crippen molar-refractivity contribution in [2.24, 2.45) is 0 Å². The lowest BCUT2D eigenvalue weighted by Gasteiger charge is -2.22. The predicted octanol–water partition coefficient (Wildman–Crippen LogP) is 7.15. The molecule has 2 heterocycles. The number of benzene rings is 1. The van der Waals surface area contributed by atoms with Crippen LogP contribution in [0.5, 0.6) is 5.75 Å². The normalized spacial score (nSPS) is 13.0. The van der Waals surface area contributed by atoms with Gasteiger partial charge in [-0.15, -0.1) is 12.4 Å². The lowest BCUT2D eigenvalue weighted by Crippen LogP contribution is -2.36. The van der Waals surface area contributed by atoms with Gasteiger partial charge in [0.05, 0.1) is 28.0 Å². The van der Waals surface area contributed by atoms with E-state index in [0.717, 1.165) is 49.8 Å². The van der Waals surface area contributed by atoms with Gasteiger partial charge < -0.3 is 25.2 Å². The topological polar surface area (TPSA) is 125 Å².